The molecule has 0 saturated heterocycles. The number of likely N-dealkylation sites (N-methyl/N-ethyl adjacent to an activating group) is 1. The highest BCUT2D eigenvalue weighted by atomic mass is 19.1. The maximum absolute atomic E-state index is 12.8. The molecule has 2 N–H and O–H groups in total. The van der Waals surface area contributed by atoms with Crippen molar-refractivity contribution in [3.05, 3.63) is 29.6 Å². The number of phenols is 1. The molecule has 0 spiro atoms. The highest BCUT2D eigenvalue weighted by Crippen LogP contribution is 2.15. The van der Waals surface area contributed by atoms with Crippen molar-refractivity contribution in [2.24, 2.45) is 0 Å². The van der Waals surface area contributed by atoms with Crippen LogP contribution in [0.3, 0.4) is 0 Å². The molecule has 0 amide bonds. The van der Waals surface area contributed by atoms with Gasteiger partial charge in [0.05, 0.1) is 6.54 Å². The summed E-state index contributed by atoms with van der Waals surface area (Å²) >= 11 is 0. The molecule has 0 unspecified atom stereocenters. The number of benzene rings is 1. The van der Waals surface area contributed by atoms with Crippen molar-refractivity contribution in [2.45, 2.75) is 6.54 Å². The largest absolute Gasteiger partial charge is 0.508 e. The number of halogens is 1. The first kappa shape index (κ1) is 11.5. The summed E-state index contributed by atoms with van der Waals surface area (Å²) in [5.74, 6) is -1.64. The zero-order valence-corrected chi connectivity index (χ0v) is 8.27. The molecule has 0 aliphatic rings. The number of carboxylic acids is 1. The zero-order chi connectivity index (χ0) is 11.4. The van der Waals surface area contributed by atoms with Crippen molar-refractivity contribution in [1.29, 1.82) is 0 Å². The van der Waals surface area contributed by atoms with E-state index in [0.29, 0.717) is 5.56 Å². The number of aromatic hydroxyl groups is 1. The van der Waals surface area contributed by atoms with E-state index >= 15 is 0 Å². The Bertz CT molecular complexity index is 347. The van der Waals surface area contributed by atoms with Crippen molar-refractivity contribution in [3.8, 4) is 5.75 Å². The topological polar surface area (TPSA) is 60.8 Å². The minimum Gasteiger partial charge on any atom is -0.508 e. The van der Waals surface area contributed by atoms with Crippen LogP contribution in [0.4, 0.5) is 4.39 Å². The molecule has 0 bridgehead atoms. The number of aliphatic carboxylic acids is 1. The van der Waals surface area contributed by atoms with Crippen molar-refractivity contribution in [1.82, 2.24) is 4.90 Å². The molecule has 0 aliphatic carbocycles. The third kappa shape index (κ3) is 3.95. The lowest BCUT2D eigenvalue weighted by atomic mass is 10.2. The van der Waals surface area contributed by atoms with E-state index in [2.05, 4.69) is 0 Å². The molecule has 0 atom stereocenters. The first-order valence-electron chi connectivity index (χ1n) is 4.36. The Balaban J connectivity index is 2.67. The van der Waals surface area contributed by atoms with E-state index < -0.39 is 11.8 Å². The Morgan fingerprint density at radius 1 is 1.47 bits per heavy atom. The fourth-order valence-corrected chi connectivity index (χ4v) is 1.32. The van der Waals surface area contributed by atoms with Gasteiger partial charge in [0.15, 0.2) is 0 Å². The third-order valence-corrected chi connectivity index (χ3v) is 1.80. The van der Waals surface area contributed by atoms with Gasteiger partial charge in [0.1, 0.15) is 11.6 Å². The Morgan fingerprint density at radius 2 is 2.13 bits per heavy atom. The van der Waals surface area contributed by atoms with Crippen LogP contribution in [0.1, 0.15) is 5.56 Å². The Labute approximate surface area is 86.6 Å². The highest BCUT2D eigenvalue weighted by Gasteiger charge is 2.06. The minimum atomic E-state index is -0.946. The molecule has 0 aromatic heterocycles. The van der Waals surface area contributed by atoms with E-state index in [1.54, 1.807) is 7.05 Å². The van der Waals surface area contributed by atoms with Crippen LogP contribution in [0.2, 0.25) is 0 Å². The van der Waals surface area contributed by atoms with Gasteiger partial charge in [-0.1, -0.05) is 0 Å². The minimum absolute atomic E-state index is 0.128. The van der Waals surface area contributed by atoms with Gasteiger partial charge in [-0.2, -0.15) is 0 Å². The average molecular weight is 213 g/mol. The summed E-state index contributed by atoms with van der Waals surface area (Å²) in [6, 6.07) is 3.67. The van der Waals surface area contributed by atoms with Crippen LogP contribution in [0.5, 0.6) is 5.75 Å². The SMILES string of the molecule is CN(CC(=O)O)Cc1cc(O)cc(F)c1. The molecule has 82 valence electrons. The number of rotatable bonds is 4. The zero-order valence-electron chi connectivity index (χ0n) is 8.27. The van der Waals surface area contributed by atoms with Crippen LogP contribution in [0, 0.1) is 5.82 Å². The van der Waals surface area contributed by atoms with Gasteiger partial charge in [-0.05, 0) is 24.7 Å². The van der Waals surface area contributed by atoms with Crippen LogP contribution < -0.4 is 0 Å². The maximum Gasteiger partial charge on any atom is 0.317 e. The second kappa shape index (κ2) is 4.75. The van der Waals surface area contributed by atoms with Crippen molar-refractivity contribution < 1.29 is 19.4 Å². The standard InChI is InChI=1S/C10H12FNO3/c1-12(6-10(14)15)5-7-2-8(11)4-9(13)3-7/h2-4,13H,5-6H2,1H3,(H,14,15). The van der Waals surface area contributed by atoms with E-state index in [1.165, 1.54) is 17.0 Å². The summed E-state index contributed by atoms with van der Waals surface area (Å²) in [7, 11) is 1.61. The average Bonchev–Trinajstić information content (AvgIpc) is 1.98. The fraction of sp³-hybridized carbons (Fsp3) is 0.300. The van der Waals surface area contributed by atoms with E-state index in [1.807, 2.05) is 0 Å². The Morgan fingerprint density at radius 3 is 2.67 bits per heavy atom. The molecule has 4 nitrogen and oxygen atoms in total. The molecule has 0 fully saturated rings. The predicted octanol–water partition coefficient (Wildman–Crippen LogP) is 1.05. The van der Waals surface area contributed by atoms with Gasteiger partial charge in [0.2, 0.25) is 0 Å². The van der Waals surface area contributed by atoms with Crippen molar-refractivity contribution in [3.63, 3.8) is 0 Å². The first-order valence-corrected chi connectivity index (χ1v) is 4.36. The molecule has 0 radical (unpaired) electrons. The van der Waals surface area contributed by atoms with Gasteiger partial charge >= 0.3 is 5.97 Å². The smallest absolute Gasteiger partial charge is 0.317 e. The van der Waals surface area contributed by atoms with E-state index in [4.69, 9.17) is 10.2 Å². The van der Waals surface area contributed by atoms with Gasteiger partial charge < -0.3 is 10.2 Å². The summed E-state index contributed by atoms with van der Waals surface area (Å²) in [5, 5.41) is 17.6. The Kier molecular flexibility index (Phi) is 3.62. The molecule has 1 aromatic rings. The van der Waals surface area contributed by atoms with Gasteiger partial charge in [-0.25, -0.2) is 4.39 Å². The number of carbonyl (C=O) groups is 1. The Hall–Kier alpha value is -1.62. The van der Waals surface area contributed by atoms with E-state index in [0.717, 1.165) is 6.07 Å². The quantitative estimate of drug-likeness (QED) is 0.784. The fourth-order valence-electron chi connectivity index (χ4n) is 1.32. The molecule has 5 heteroatoms. The van der Waals surface area contributed by atoms with Gasteiger partial charge in [-0.15, -0.1) is 0 Å². The predicted molar refractivity (Wildman–Crippen MR) is 52.0 cm³/mol. The number of hydrogen-bond acceptors (Lipinski definition) is 3. The summed E-state index contributed by atoms with van der Waals surface area (Å²) in [6.45, 7) is 0.148. The van der Waals surface area contributed by atoms with Crippen LogP contribution in [0.25, 0.3) is 0 Å². The van der Waals surface area contributed by atoms with Crippen LogP contribution in [-0.4, -0.2) is 34.7 Å². The molecule has 0 saturated carbocycles. The van der Waals surface area contributed by atoms with Gasteiger partial charge in [-0.3, -0.25) is 9.69 Å². The molecular weight excluding hydrogens is 201 g/mol. The molecule has 1 aromatic carbocycles. The maximum atomic E-state index is 12.8. The van der Waals surface area contributed by atoms with Crippen LogP contribution >= 0.6 is 0 Å². The summed E-state index contributed by atoms with van der Waals surface area (Å²) in [4.78, 5) is 11.9. The van der Waals surface area contributed by atoms with Gasteiger partial charge in [0, 0.05) is 12.6 Å². The normalized spacial score (nSPS) is 10.6. The third-order valence-electron chi connectivity index (χ3n) is 1.80. The molecule has 1 rings (SSSR count). The second-order valence-corrected chi connectivity index (χ2v) is 3.38. The monoisotopic (exact) mass is 213 g/mol. The van der Waals surface area contributed by atoms with Gasteiger partial charge in [0.25, 0.3) is 0 Å². The molecule has 15 heavy (non-hydrogen) atoms. The van der Waals surface area contributed by atoms with Crippen molar-refractivity contribution >= 4 is 5.97 Å². The number of hydrogen-bond donors (Lipinski definition) is 2. The highest BCUT2D eigenvalue weighted by molar-refractivity contribution is 5.69. The van der Waals surface area contributed by atoms with Crippen molar-refractivity contribution in [2.75, 3.05) is 13.6 Å². The molecular formula is C10H12FNO3. The van der Waals surface area contributed by atoms with Crippen LogP contribution in [0.15, 0.2) is 18.2 Å². The first-order chi connectivity index (χ1) is 6.97. The summed E-state index contributed by atoms with van der Waals surface area (Å²) in [5.41, 5.74) is 0.538. The summed E-state index contributed by atoms with van der Waals surface area (Å²) in [6.07, 6.45) is 0. The lowest BCUT2D eigenvalue weighted by molar-refractivity contribution is -0.138. The second-order valence-electron chi connectivity index (χ2n) is 3.38. The molecule has 0 heterocycles. The van der Waals surface area contributed by atoms with E-state index in [-0.39, 0.29) is 18.8 Å². The molecule has 0 aliphatic heterocycles. The number of nitrogens with zero attached hydrogens (tertiary/aromatic N) is 1. The van der Waals surface area contributed by atoms with Crippen LogP contribution in [-0.2, 0) is 11.3 Å². The lowest BCUT2D eigenvalue weighted by Gasteiger charge is -2.13. The number of carboxylic acid groups (broad SMARTS) is 1. The lowest BCUT2D eigenvalue weighted by Crippen LogP contribution is -2.25. The van der Waals surface area contributed by atoms with E-state index in [9.17, 15) is 9.18 Å². The number of phenolic OH excluding ortho intramolecular Hbond substituents is 1. The summed E-state index contributed by atoms with van der Waals surface area (Å²) < 4.78 is 12.8.